The van der Waals surface area contributed by atoms with Crippen molar-refractivity contribution in [2.75, 3.05) is 19.7 Å². The summed E-state index contributed by atoms with van der Waals surface area (Å²) in [7, 11) is 0. The molecule has 16 heavy (non-hydrogen) atoms. The normalized spacial score (nSPS) is 26.4. The predicted octanol–water partition coefficient (Wildman–Crippen LogP) is 1.40. The summed E-state index contributed by atoms with van der Waals surface area (Å²) in [4.78, 5) is 8.97. The first-order valence-electron chi connectivity index (χ1n) is 6.08. The van der Waals surface area contributed by atoms with Gasteiger partial charge in [-0.25, -0.2) is 9.97 Å². The standard InChI is InChI=1S/C12H17N3O/c1-2-9(3-1)10-4-5-14-12(15-10)11-8-13-6-7-16-11/h4-5,9,11,13H,1-3,6-8H2. The summed E-state index contributed by atoms with van der Waals surface area (Å²) in [5.41, 5.74) is 1.20. The molecule has 0 spiro atoms. The van der Waals surface area contributed by atoms with Crippen molar-refractivity contribution in [1.29, 1.82) is 0 Å². The maximum atomic E-state index is 5.66. The molecule has 2 fully saturated rings. The fourth-order valence-electron chi connectivity index (χ4n) is 2.21. The van der Waals surface area contributed by atoms with E-state index in [4.69, 9.17) is 4.74 Å². The van der Waals surface area contributed by atoms with Gasteiger partial charge in [0.2, 0.25) is 0 Å². The number of nitrogens with zero attached hydrogens (tertiary/aromatic N) is 2. The van der Waals surface area contributed by atoms with Gasteiger partial charge in [0.1, 0.15) is 6.10 Å². The van der Waals surface area contributed by atoms with Crippen molar-refractivity contribution in [2.45, 2.75) is 31.3 Å². The smallest absolute Gasteiger partial charge is 0.158 e. The van der Waals surface area contributed by atoms with E-state index < -0.39 is 0 Å². The van der Waals surface area contributed by atoms with Gasteiger partial charge in [-0.3, -0.25) is 0 Å². The van der Waals surface area contributed by atoms with E-state index in [0.717, 1.165) is 25.5 Å². The second-order valence-electron chi connectivity index (χ2n) is 4.53. The Bertz CT molecular complexity index is 359. The SMILES string of the molecule is c1cc(C2CCC2)nc(C2CNCCO2)n1. The Balaban J connectivity index is 1.77. The van der Waals surface area contributed by atoms with Crippen LogP contribution in [0.5, 0.6) is 0 Å². The van der Waals surface area contributed by atoms with Gasteiger partial charge in [0.15, 0.2) is 5.82 Å². The van der Waals surface area contributed by atoms with Gasteiger partial charge < -0.3 is 10.1 Å². The van der Waals surface area contributed by atoms with E-state index in [2.05, 4.69) is 15.3 Å². The molecule has 1 aromatic rings. The lowest BCUT2D eigenvalue weighted by Gasteiger charge is -2.26. The summed E-state index contributed by atoms with van der Waals surface area (Å²) in [5.74, 6) is 1.51. The molecule has 0 bridgehead atoms. The summed E-state index contributed by atoms with van der Waals surface area (Å²) in [6.07, 6.45) is 5.80. The van der Waals surface area contributed by atoms with Gasteiger partial charge in [-0.2, -0.15) is 0 Å². The number of ether oxygens (including phenoxy) is 1. The van der Waals surface area contributed by atoms with E-state index in [0.29, 0.717) is 5.92 Å². The molecular formula is C12H17N3O. The maximum absolute atomic E-state index is 5.66. The zero-order chi connectivity index (χ0) is 10.8. The van der Waals surface area contributed by atoms with Crippen molar-refractivity contribution >= 4 is 0 Å². The third-order valence-electron chi connectivity index (χ3n) is 3.43. The molecule has 0 amide bonds. The van der Waals surface area contributed by atoms with Crippen LogP contribution >= 0.6 is 0 Å². The van der Waals surface area contributed by atoms with Crippen LogP contribution in [0.1, 0.15) is 42.8 Å². The minimum Gasteiger partial charge on any atom is -0.368 e. The van der Waals surface area contributed by atoms with E-state index >= 15 is 0 Å². The first kappa shape index (κ1) is 10.2. The number of hydrogen-bond acceptors (Lipinski definition) is 4. The van der Waals surface area contributed by atoms with Crippen LogP contribution in [0.15, 0.2) is 12.3 Å². The summed E-state index contributed by atoms with van der Waals surface area (Å²) < 4.78 is 5.66. The van der Waals surface area contributed by atoms with E-state index in [1.54, 1.807) is 0 Å². The summed E-state index contributed by atoms with van der Waals surface area (Å²) in [5, 5.41) is 3.30. The van der Waals surface area contributed by atoms with Crippen LogP contribution < -0.4 is 5.32 Å². The number of rotatable bonds is 2. The monoisotopic (exact) mass is 219 g/mol. The third kappa shape index (κ3) is 1.95. The zero-order valence-electron chi connectivity index (χ0n) is 9.35. The van der Waals surface area contributed by atoms with Crippen LogP contribution in [-0.4, -0.2) is 29.7 Å². The molecule has 1 aromatic heterocycles. The zero-order valence-corrected chi connectivity index (χ0v) is 9.35. The molecule has 1 aliphatic carbocycles. The molecule has 4 nitrogen and oxygen atoms in total. The molecule has 1 unspecified atom stereocenters. The van der Waals surface area contributed by atoms with E-state index in [9.17, 15) is 0 Å². The number of aromatic nitrogens is 2. The second kappa shape index (κ2) is 4.47. The molecule has 0 aromatic carbocycles. The molecule has 2 aliphatic rings. The Morgan fingerprint density at radius 3 is 3.00 bits per heavy atom. The van der Waals surface area contributed by atoms with Crippen LogP contribution in [0.2, 0.25) is 0 Å². The van der Waals surface area contributed by atoms with Crippen molar-refractivity contribution in [3.63, 3.8) is 0 Å². The van der Waals surface area contributed by atoms with Crippen LogP contribution in [0, 0.1) is 0 Å². The molecule has 1 N–H and O–H groups in total. The Morgan fingerprint density at radius 2 is 2.31 bits per heavy atom. The van der Waals surface area contributed by atoms with Gasteiger partial charge in [0.25, 0.3) is 0 Å². The fraction of sp³-hybridized carbons (Fsp3) is 0.667. The van der Waals surface area contributed by atoms with Gasteiger partial charge in [-0.15, -0.1) is 0 Å². The largest absolute Gasteiger partial charge is 0.368 e. The summed E-state index contributed by atoms with van der Waals surface area (Å²) >= 11 is 0. The van der Waals surface area contributed by atoms with Crippen LogP contribution in [0.25, 0.3) is 0 Å². The highest BCUT2D eigenvalue weighted by atomic mass is 16.5. The molecule has 86 valence electrons. The van der Waals surface area contributed by atoms with Crippen molar-refractivity contribution < 1.29 is 4.74 Å². The van der Waals surface area contributed by atoms with Crippen molar-refractivity contribution in [1.82, 2.24) is 15.3 Å². The van der Waals surface area contributed by atoms with Crippen molar-refractivity contribution in [3.05, 3.63) is 23.8 Å². The lowest BCUT2D eigenvalue weighted by molar-refractivity contribution is 0.0219. The van der Waals surface area contributed by atoms with Crippen LogP contribution in [0.3, 0.4) is 0 Å². The average molecular weight is 219 g/mol. The van der Waals surface area contributed by atoms with E-state index in [1.807, 2.05) is 12.3 Å². The highest BCUT2D eigenvalue weighted by Crippen LogP contribution is 2.35. The Labute approximate surface area is 95.4 Å². The minimum atomic E-state index is 0.0359. The summed E-state index contributed by atoms with van der Waals surface area (Å²) in [6.45, 7) is 2.51. The number of morpholine rings is 1. The Hall–Kier alpha value is -1.00. The first-order valence-corrected chi connectivity index (χ1v) is 6.08. The molecule has 1 saturated carbocycles. The Morgan fingerprint density at radius 1 is 1.38 bits per heavy atom. The van der Waals surface area contributed by atoms with Crippen LogP contribution in [0.4, 0.5) is 0 Å². The molecule has 0 radical (unpaired) electrons. The molecule has 2 heterocycles. The third-order valence-corrected chi connectivity index (χ3v) is 3.43. The van der Waals surface area contributed by atoms with Gasteiger partial charge >= 0.3 is 0 Å². The van der Waals surface area contributed by atoms with Gasteiger partial charge in [-0.05, 0) is 18.9 Å². The van der Waals surface area contributed by atoms with Crippen molar-refractivity contribution in [3.8, 4) is 0 Å². The highest BCUT2D eigenvalue weighted by Gasteiger charge is 2.23. The molecule has 1 aliphatic heterocycles. The molecule has 3 rings (SSSR count). The minimum absolute atomic E-state index is 0.0359. The van der Waals surface area contributed by atoms with Gasteiger partial charge in [0, 0.05) is 30.9 Å². The van der Waals surface area contributed by atoms with Crippen LogP contribution in [-0.2, 0) is 4.74 Å². The fourth-order valence-corrected chi connectivity index (χ4v) is 2.21. The quantitative estimate of drug-likeness (QED) is 0.817. The molecule has 1 saturated heterocycles. The highest BCUT2D eigenvalue weighted by molar-refractivity contribution is 5.12. The molecule has 1 atom stereocenters. The molecular weight excluding hydrogens is 202 g/mol. The topological polar surface area (TPSA) is 47.0 Å². The van der Waals surface area contributed by atoms with E-state index in [-0.39, 0.29) is 6.10 Å². The maximum Gasteiger partial charge on any atom is 0.158 e. The summed E-state index contributed by atoms with van der Waals surface area (Å²) in [6, 6.07) is 2.05. The average Bonchev–Trinajstić information content (AvgIpc) is 2.28. The van der Waals surface area contributed by atoms with Gasteiger partial charge in [0.05, 0.1) is 6.61 Å². The van der Waals surface area contributed by atoms with Gasteiger partial charge in [-0.1, -0.05) is 6.42 Å². The lowest BCUT2D eigenvalue weighted by atomic mass is 9.83. The second-order valence-corrected chi connectivity index (χ2v) is 4.53. The lowest BCUT2D eigenvalue weighted by Crippen LogP contribution is -2.34. The predicted molar refractivity (Wildman–Crippen MR) is 60.2 cm³/mol. The van der Waals surface area contributed by atoms with E-state index in [1.165, 1.54) is 25.0 Å². The number of hydrogen-bond donors (Lipinski definition) is 1. The molecule has 4 heteroatoms. The Kier molecular flexibility index (Phi) is 2.84. The van der Waals surface area contributed by atoms with Crippen molar-refractivity contribution in [2.24, 2.45) is 0 Å². The first-order chi connectivity index (χ1) is 7.93. The number of nitrogens with one attached hydrogen (secondary N) is 1.